The van der Waals surface area contributed by atoms with Gasteiger partial charge in [-0.2, -0.15) is 0 Å². The summed E-state index contributed by atoms with van der Waals surface area (Å²) in [7, 11) is 0. The van der Waals surface area contributed by atoms with Crippen molar-refractivity contribution in [2.24, 2.45) is 0 Å². The third kappa shape index (κ3) is 10.5. The Bertz CT molecular complexity index is 2060. The molecule has 0 spiro atoms. The molecule has 1 aliphatic heterocycles. The van der Waals surface area contributed by atoms with Gasteiger partial charge in [0.2, 0.25) is 0 Å². The minimum Gasteiger partial charge on any atom is -0.508 e. The van der Waals surface area contributed by atoms with Crippen LogP contribution >= 0.6 is 11.6 Å². The fourth-order valence-corrected chi connectivity index (χ4v) is 7.37. The Morgan fingerprint density at radius 1 is 0.536 bits per heavy atom. The van der Waals surface area contributed by atoms with Crippen molar-refractivity contribution >= 4 is 11.6 Å². The van der Waals surface area contributed by atoms with E-state index in [2.05, 4.69) is 31.2 Å². The van der Waals surface area contributed by atoms with Gasteiger partial charge in [-0.15, -0.1) is 0 Å². The molecule has 5 atom stereocenters. The molecule has 1 N–H and O–H groups in total. The van der Waals surface area contributed by atoms with Crippen LogP contribution in [-0.2, 0) is 63.0 Å². The van der Waals surface area contributed by atoms with Gasteiger partial charge in [0.1, 0.15) is 36.3 Å². The van der Waals surface area contributed by atoms with Gasteiger partial charge in [-0.25, -0.2) is 0 Å². The quantitative estimate of drug-likeness (QED) is 0.0997. The van der Waals surface area contributed by atoms with Crippen molar-refractivity contribution in [2.45, 2.75) is 76.7 Å². The number of ether oxygens (including phenoxy) is 5. The lowest BCUT2D eigenvalue weighted by molar-refractivity contribution is -0.275. The Morgan fingerprint density at radius 2 is 1.00 bits per heavy atom. The predicted octanol–water partition coefficient (Wildman–Crippen LogP) is 10.6. The molecule has 0 aromatic heterocycles. The molecular weight excluding hydrogens is 720 g/mol. The molecule has 6 aromatic carbocycles. The third-order valence-electron chi connectivity index (χ3n) is 10.2. The third-order valence-corrected chi connectivity index (χ3v) is 10.6. The highest BCUT2D eigenvalue weighted by Crippen LogP contribution is 2.43. The first-order valence-corrected chi connectivity index (χ1v) is 19.7. The SMILES string of the molecule is CCc1ccc(Cc2cc(C3OC(COCc4ccccc4)C(OCc4ccccc4)C(OCc4ccccc4)C3OCc3ccccc3)c(O)cc2Cl)cc1. The van der Waals surface area contributed by atoms with Crippen LogP contribution in [-0.4, -0.2) is 36.1 Å². The lowest BCUT2D eigenvalue weighted by Crippen LogP contribution is -2.58. The van der Waals surface area contributed by atoms with E-state index in [4.69, 9.17) is 35.3 Å². The average Bonchev–Trinajstić information content (AvgIpc) is 3.24. The average molecular weight is 769 g/mol. The van der Waals surface area contributed by atoms with Crippen molar-refractivity contribution in [3.63, 3.8) is 0 Å². The minimum absolute atomic E-state index is 0.0211. The zero-order valence-corrected chi connectivity index (χ0v) is 32.5. The highest BCUT2D eigenvalue weighted by molar-refractivity contribution is 6.31. The fraction of sp³-hybridized carbons (Fsp3) is 0.265. The second-order valence-electron chi connectivity index (χ2n) is 14.2. The minimum atomic E-state index is -0.764. The van der Waals surface area contributed by atoms with Crippen LogP contribution in [0.3, 0.4) is 0 Å². The predicted molar refractivity (Wildman–Crippen MR) is 221 cm³/mol. The smallest absolute Gasteiger partial charge is 0.122 e. The molecule has 56 heavy (non-hydrogen) atoms. The molecule has 1 saturated heterocycles. The molecule has 6 nitrogen and oxygen atoms in total. The van der Waals surface area contributed by atoms with Gasteiger partial charge < -0.3 is 28.8 Å². The van der Waals surface area contributed by atoms with E-state index in [0.717, 1.165) is 39.8 Å². The van der Waals surface area contributed by atoms with E-state index >= 15 is 0 Å². The van der Waals surface area contributed by atoms with E-state index in [1.165, 1.54) is 5.56 Å². The van der Waals surface area contributed by atoms with E-state index in [0.29, 0.717) is 43.4 Å². The van der Waals surface area contributed by atoms with Crippen molar-refractivity contribution < 1.29 is 28.8 Å². The van der Waals surface area contributed by atoms with Crippen LogP contribution in [0.15, 0.2) is 158 Å². The second kappa shape index (κ2) is 19.9. The summed E-state index contributed by atoms with van der Waals surface area (Å²) in [6, 6.07) is 52.4. The highest BCUT2D eigenvalue weighted by atomic mass is 35.5. The number of rotatable bonds is 17. The molecule has 6 aromatic rings. The fourth-order valence-electron chi connectivity index (χ4n) is 7.14. The number of halogens is 1. The monoisotopic (exact) mass is 768 g/mol. The van der Waals surface area contributed by atoms with Gasteiger partial charge in [0.25, 0.3) is 0 Å². The summed E-state index contributed by atoms with van der Waals surface area (Å²) in [5.41, 5.74) is 7.91. The number of aryl methyl sites for hydroxylation is 1. The van der Waals surface area contributed by atoms with Crippen molar-refractivity contribution in [3.05, 3.63) is 207 Å². The van der Waals surface area contributed by atoms with Gasteiger partial charge in [-0.05, 0) is 63.9 Å². The number of benzene rings is 6. The number of phenols is 1. The Kier molecular flexibility index (Phi) is 14.0. The molecule has 1 aliphatic rings. The topological polar surface area (TPSA) is 66.4 Å². The first kappa shape index (κ1) is 39.4. The van der Waals surface area contributed by atoms with Crippen molar-refractivity contribution in [1.29, 1.82) is 0 Å². The van der Waals surface area contributed by atoms with Gasteiger partial charge in [-0.3, -0.25) is 0 Å². The van der Waals surface area contributed by atoms with E-state index < -0.39 is 30.5 Å². The maximum absolute atomic E-state index is 11.7. The summed E-state index contributed by atoms with van der Waals surface area (Å²) >= 11 is 6.85. The van der Waals surface area contributed by atoms with Crippen LogP contribution in [0, 0.1) is 0 Å². The molecule has 0 bridgehead atoms. The number of phenolic OH excluding ortho intramolecular Hbond substituents is 1. The van der Waals surface area contributed by atoms with Crippen molar-refractivity contribution in [3.8, 4) is 5.75 Å². The van der Waals surface area contributed by atoms with E-state index in [9.17, 15) is 5.11 Å². The number of hydrogen-bond acceptors (Lipinski definition) is 6. The Hall–Kier alpha value is -4.79. The van der Waals surface area contributed by atoms with E-state index in [1.807, 2.05) is 127 Å². The van der Waals surface area contributed by atoms with Crippen LogP contribution in [0.2, 0.25) is 5.02 Å². The second-order valence-corrected chi connectivity index (χ2v) is 14.6. The molecule has 1 fully saturated rings. The Morgan fingerprint density at radius 3 is 1.52 bits per heavy atom. The summed E-state index contributed by atoms with van der Waals surface area (Å²) in [6.45, 7) is 3.70. The van der Waals surface area contributed by atoms with Crippen LogP contribution in [0.5, 0.6) is 5.75 Å². The molecule has 0 aliphatic carbocycles. The highest BCUT2D eigenvalue weighted by Gasteiger charge is 2.49. The van der Waals surface area contributed by atoms with Crippen LogP contribution in [0.4, 0.5) is 0 Å². The van der Waals surface area contributed by atoms with Crippen molar-refractivity contribution in [1.82, 2.24) is 0 Å². The molecule has 1 heterocycles. The normalized spacial score (nSPS) is 19.5. The molecule has 0 radical (unpaired) electrons. The molecule has 7 rings (SSSR count). The number of hydrogen-bond donors (Lipinski definition) is 1. The van der Waals surface area contributed by atoms with Gasteiger partial charge in [0.15, 0.2) is 0 Å². The zero-order chi connectivity index (χ0) is 38.5. The largest absolute Gasteiger partial charge is 0.508 e. The summed E-state index contributed by atoms with van der Waals surface area (Å²) < 4.78 is 34.1. The lowest BCUT2D eigenvalue weighted by atomic mass is 9.88. The molecule has 5 unspecified atom stereocenters. The standard InChI is InChI=1S/C49H49ClO6/c1-2-35-23-25-36(26-24-35)27-41-28-42(44(51)29-43(41)50)46-48(54-32-39-19-11-5-12-20-39)49(55-33-40-21-13-6-14-22-40)47(53-31-38-17-9-4-10-18-38)45(56-46)34-52-30-37-15-7-3-8-16-37/h3-26,28-29,45-49,51H,2,27,30-34H2,1H3. The summed E-state index contributed by atoms with van der Waals surface area (Å²) in [5.74, 6) is 0.0211. The van der Waals surface area contributed by atoms with E-state index in [-0.39, 0.29) is 12.4 Å². The maximum Gasteiger partial charge on any atom is 0.122 e. The molecule has 7 heteroatoms. The van der Waals surface area contributed by atoms with Crippen molar-refractivity contribution in [2.75, 3.05) is 6.61 Å². The first-order valence-electron chi connectivity index (χ1n) is 19.4. The van der Waals surface area contributed by atoms with Gasteiger partial charge in [-0.1, -0.05) is 164 Å². The Labute approximate surface area is 335 Å². The van der Waals surface area contributed by atoms with Gasteiger partial charge in [0.05, 0.1) is 33.0 Å². The first-order chi connectivity index (χ1) is 27.5. The van der Waals surface area contributed by atoms with Gasteiger partial charge in [0, 0.05) is 10.6 Å². The van der Waals surface area contributed by atoms with Crippen LogP contribution < -0.4 is 0 Å². The van der Waals surface area contributed by atoms with E-state index in [1.54, 1.807) is 6.07 Å². The molecular formula is C49H49ClO6. The summed E-state index contributed by atoms with van der Waals surface area (Å²) in [5, 5.41) is 12.2. The zero-order valence-electron chi connectivity index (χ0n) is 31.7. The molecule has 288 valence electrons. The van der Waals surface area contributed by atoms with Crippen LogP contribution in [0.25, 0.3) is 0 Å². The van der Waals surface area contributed by atoms with Crippen LogP contribution in [0.1, 0.15) is 57.5 Å². The number of aromatic hydroxyl groups is 1. The maximum atomic E-state index is 11.7. The lowest BCUT2D eigenvalue weighted by Gasteiger charge is -2.46. The summed E-state index contributed by atoms with van der Waals surface area (Å²) in [6.07, 6.45) is -1.74. The van der Waals surface area contributed by atoms with Gasteiger partial charge >= 0.3 is 0 Å². The Balaban J connectivity index is 1.28. The molecule has 0 saturated carbocycles. The molecule has 0 amide bonds. The summed E-state index contributed by atoms with van der Waals surface area (Å²) in [4.78, 5) is 0.